The van der Waals surface area contributed by atoms with E-state index in [4.69, 9.17) is 5.26 Å². The number of nitrogens with zero attached hydrogens (tertiary/aromatic N) is 3. The van der Waals surface area contributed by atoms with E-state index in [9.17, 15) is 0 Å². The first-order valence-electron chi connectivity index (χ1n) is 7.05. The number of hydrogen-bond acceptors (Lipinski definition) is 3. The quantitative estimate of drug-likeness (QED) is 0.834. The lowest BCUT2D eigenvalue weighted by Gasteiger charge is -2.25. The van der Waals surface area contributed by atoms with Crippen LogP contribution in [-0.4, -0.2) is 11.5 Å². The van der Waals surface area contributed by atoms with Gasteiger partial charge in [0.25, 0.3) is 0 Å². The van der Waals surface area contributed by atoms with Gasteiger partial charge in [0.15, 0.2) is 0 Å². The van der Waals surface area contributed by atoms with Crippen molar-refractivity contribution in [3.05, 3.63) is 59.4 Å². The van der Waals surface area contributed by atoms with E-state index < -0.39 is 0 Å². The molecule has 1 aliphatic heterocycles. The Morgan fingerprint density at radius 1 is 1.20 bits per heavy atom. The lowest BCUT2D eigenvalue weighted by Crippen LogP contribution is -2.23. The molecule has 0 atom stereocenters. The van der Waals surface area contributed by atoms with Gasteiger partial charge >= 0.3 is 0 Å². The highest BCUT2D eigenvalue weighted by Crippen LogP contribution is 2.27. The van der Waals surface area contributed by atoms with Crippen LogP contribution in [0, 0.1) is 11.3 Å². The van der Waals surface area contributed by atoms with Gasteiger partial charge in [-0.1, -0.05) is 18.2 Å². The molecule has 0 aliphatic carbocycles. The summed E-state index contributed by atoms with van der Waals surface area (Å²) in [5, 5.41) is 8.94. The number of aryl methyl sites for hydroxylation is 1. The minimum Gasteiger partial charge on any atom is -0.367 e. The number of hydrogen-bond donors (Lipinski definition) is 0. The molecule has 0 spiro atoms. The first kappa shape index (κ1) is 12.7. The van der Waals surface area contributed by atoms with Crippen LogP contribution in [0.2, 0.25) is 0 Å². The van der Waals surface area contributed by atoms with Crippen LogP contribution in [0.4, 0.5) is 5.69 Å². The topological polar surface area (TPSA) is 39.9 Å². The third-order valence-electron chi connectivity index (χ3n) is 3.77. The SMILES string of the molecule is N#Cc1cc(CN2CCCCc3ccccc32)ccn1. The fraction of sp³-hybridized carbons (Fsp3) is 0.294. The van der Waals surface area contributed by atoms with Crippen LogP contribution in [0.1, 0.15) is 29.7 Å². The summed E-state index contributed by atoms with van der Waals surface area (Å²) in [6, 6.07) is 14.6. The van der Waals surface area contributed by atoms with Crippen LogP contribution in [0.15, 0.2) is 42.6 Å². The summed E-state index contributed by atoms with van der Waals surface area (Å²) >= 11 is 0. The number of fused-ring (bicyclic) bond motifs is 1. The molecule has 0 amide bonds. The molecule has 1 aromatic heterocycles. The van der Waals surface area contributed by atoms with Crippen molar-refractivity contribution in [2.75, 3.05) is 11.4 Å². The van der Waals surface area contributed by atoms with Gasteiger partial charge in [0.05, 0.1) is 0 Å². The van der Waals surface area contributed by atoms with E-state index in [1.54, 1.807) is 6.20 Å². The average molecular weight is 263 g/mol. The Balaban J connectivity index is 1.88. The maximum atomic E-state index is 8.94. The van der Waals surface area contributed by atoms with Crippen LogP contribution in [0.25, 0.3) is 0 Å². The molecule has 0 N–H and O–H groups in total. The van der Waals surface area contributed by atoms with Crippen LogP contribution < -0.4 is 4.90 Å². The maximum Gasteiger partial charge on any atom is 0.140 e. The molecule has 2 aromatic rings. The normalized spacial score (nSPS) is 14.2. The van der Waals surface area contributed by atoms with Crippen LogP contribution in [-0.2, 0) is 13.0 Å². The van der Waals surface area contributed by atoms with Gasteiger partial charge in [0.2, 0.25) is 0 Å². The predicted octanol–water partition coefficient (Wildman–Crippen LogP) is 3.30. The smallest absolute Gasteiger partial charge is 0.140 e. The molecule has 3 heteroatoms. The van der Waals surface area contributed by atoms with Crippen molar-refractivity contribution < 1.29 is 0 Å². The van der Waals surface area contributed by atoms with Crippen molar-refractivity contribution in [3.8, 4) is 6.07 Å². The van der Waals surface area contributed by atoms with Crippen molar-refractivity contribution in [1.29, 1.82) is 5.26 Å². The number of pyridine rings is 1. The second kappa shape index (κ2) is 5.75. The molecular formula is C17H17N3. The summed E-state index contributed by atoms with van der Waals surface area (Å²) in [5.41, 5.74) is 4.40. The van der Waals surface area contributed by atoms with Crippen LogP contribution >= 0.6 is 0 Å². The minimum atomic E-state index is 0.491. The van der Waals surface area contributed by atoms with Crippen molar-refractivity contribution in [3.63, 3.8) is 0 Å². The highest BCUT2D eigenvalue weighted by atomic mass is 15.1. The van der Waals surface area contributed by atoms with Gasteiger partial charge in [0, 0.05) is 25.0 Å². The van der Waals surface area contributed by atoms with Gasteiger partial charge in [0.1, 0.15) is 11.8 Å². The summed E-state index contributed by atoms with van der Waals surface area (Å²) in [6.07, 6.45) is 5.34. The Labute approximate surface area is 119 Å². The van der Waals surface area contributed by atoms with E-state index in [2.05, 4.69) is 40.2 Å². The van der Waals surface area contributed by atoms with Crippen LogP contribution in [0.5, 0.6) is 0 Å². The number of anilines is 1. The highest BCUT2D eigenvalue weighted by molar-refractivity contribution is 5.54. The summed E-state index contributed by atoms with van der Waals surface area (Å²) in [6.45, 7) is 1.91. The summed E-state index contributed by atoms with van der Waals surface area (Å²) in [4.78, 5) is 6.45. The number of para-hydroxylation sites is 1. The van der Waals surface area contributed by atoms with Gasteiger partial charge in [-0.25, -0.2) is 4.98 Å². The Bertz CT molecular complexity index is 643. The first-order valence-corrected chi connectivity index (χ1v) is 7.05. The standard InChI is InChI=1S/C17H17N3/c18-12-16-11-14(8-9-19-16)13-20-10-4-3-6-15-5-1-2-7-17(15)20/h1-2,5,7-9,11H,3-4,6,10,13H2. The molecule has 20 heavy (non-hydrogen) atoms. The molecular weight excluding hydrogens is 246 g/mol. The van der Waals surface area contributed by atoms with Gasteiger partial charge in [-0.2, -0.15) is 5.26 Å². The average Bonchev–Trinajstić information content (AvgIpc) is 2.70. The van der Waals surface area contributed by atoms with Gasteiger partial charge in [-0.15, -0.1) is 0 Å². The molecule has 0 saturated heterocycles. The van der Waals surface area contributed by atoms with Crippen molar-refractivity contribution >= 4 is 5.69 Å². The molecule has 3 rings (SSSR count). The lowest BCUT2D eigenvalue weighted by molar-refractivity contribution is 0.714. The molecule has 0 fully saturated rings. The number of benzene rings is 1. The van der Waals surface area contributed by atoms with Crippen molar-refractivity contribution in [2.45, 2.75) is 25.8 Å². The monoisotopic (exact) mass is 263 g/mol. The van der Waals surface area contributed by atoms with E-state index in [1.807, 2.05) is 12.1 Å². The Kier molecular flexibility index (Phi) is 3.64. The zero-order chi connectivity index (χ0) is 13.8. The lowest BCUT2D eigenvalue weighted by atomic mass is 10.1. The van der Waals surface area contributed by atoms with E-state index in [1.165, 1.54) is 24.1 Å². The van der Waals surface area contributed by atoms with Gasteiger partial charge in [-0.3, -0.25) is 0 Å². The molecule has 0 bridgehead atoms. The van der Waals surface area contributed by atoms with E-state index >= 15 is 0 Å². The fourth-order valence-electron chi connectivity index (χ4n) is 2.79. The zero-order valence-electron chi connectivity index (χ0n) is 11.4. The Morgan fingerprint density at radius 2 is 2.10 bits per heavy atom. The number of nitriles is 1. The summed E-state index contributed by atoms with van der Waals surface area (Å²) < 4.78 is 0. The Hall–Kier alpha value is -2.34. The summed E-state index contributed by atoms with van der Waals surface area (Å²) in [7, 11) is 0. The maximum absolute atomic E-state index is 8.94. The fourth-order valence-corrected chi connectivity index (χ4v) is 2.79. The number of rotatable bonds is 2. The van der Waals surface area contributed by atoms with Crippen molar-refractivity contribution in [2.24, 2.45) is 0 Å². The molecule has 1 aromatic carbocycles. The molecule has 100 valence electrons. The second-order valence-corrected chi connectivity index (χ2v) is 5.17. The number of aromatic nitrogens is 1. The molecule has 0 saturated carbocycles. The predicted molar refractivity (Wildman–Crippen MR) is 79.4 cm³/mol. The van der Waals surface area contributed by atoms with Gasteiger partial charge in [-0.05, 0) is 48.6 Å². The largest absolute Gasteiger partial charge is 0.367 e. The minimum absolute atomic E-state index is 0.491. The molecule has 0 unspecified atom stereocenters. The molecule has 0 radical (unpaired) electrons. The third-order valence-corrected chi connectivity index (χ3v) is 3.77. The molecule has 2 heterocycles. The summed E-state index contributed by atoms with van der Waals surface area (Å²) in [5.74, 6) is 0. The molecule has 3 nitrogen and oxygen atoms in total. The second-order valence-electron chi connectivity index (χ2n) is 5.17. The van der Waals surface area contributed by atoms with Crippen LogP contribution in [0.3, 0.4) is 0 Å². The third kappa shape index (κ3) is 2.65. The van der Waals surface area contributed by atoms with Crippen molar-refractivity contribution in [1.82, 2.24) is 4.98 Å². The van der Waals surface area contributed by atoms with E-state index in [-0.39, 0.29) is 0 Å². The van der Waals surface area contributed by atoms with E-state index in [0.29, 0.717) is 5.69 Å². The van der Waals surface area contributed by atoms with E-state index in [0.717, 1.165) is 25.1 Å². The molecule has 1 aliphatic rings. The Morgan fingerprint density at radius 3 is 3.00 bits per heavy atom. The highest BCUT2D eigenvalue weighted by Gasteiger charge is 2.15. The first-order chi connectivity index (χ1) is 9.86. The van der Waals surface area contributed by atoms with Gasteiger partial charge < -0.3 is 4.90 Å². The zero-order valence-corrected chi connectivity index (χ0v) is 11.4.